The Balaban J connectivity index is 0.000000187. The van der Waals surface area contributed by atoms with Crippen LogP contribution in [0.1, 0.15) is 37.1 Å². The van der Waals surface area contributed by atoms with Crippen LogP contribution >= 0.6 is 0 Å². The summed E-state index contributed by atoms with van der Waals surface area (Å²) in [6.07, 6.45) is 12.3. The molecule has 0 bridgehead atoms. The van der Waals surface area contributed by atoms with Gasteiger partial charge in [-0.25, -0.2) is 4.99 Å². The van der Waals surface area contributed by atoms with Crippen molar-refractivity contribution in [3.05, 3.63) is 109 Å². The minimum Gasteiger partial charge on any atom is -0.663 e. The summed E-state index contributed by atoms with van der Waals surface area (Å²) in [4.78, 5) is 15.6. The molecule has 0 spiro atoms. The molecule has 0 atom stereocenters. The number of aliphatic imine (C=N–C) groups is 1. The first-order valence-corrected chi connectivity index (χ1v) is 12.4. The summed E-state index contributed by atoms with van der Waals surface area (Å²) >= 11 is 0. The van der Waals surface area contributed by atoms with Gasteiger partial charge in [0.25, 0.3) is 0 Å². The predicted octanol–water partition coefficient (Wildman–Crippen LogP) is 4.08. The van der Waals surface area contributed by atoms with E-state index < -0.39 is 0 Å². The van der Waals surface area contributed by atoms with E-state index in [0.29, 0.717) is 0 Å². The summed E-state index contributed by atoms with van der Waals surface area (Å²) in [5.41, 5.74) is 3.86. The van der Waals surface area contributed by atoms with Crippen LogP contribution in [-0.4, -0.2) is 61.9 Å². The number of rotatable bonds is 4. The Labute approximate surface area is 236 Å². The van der Waals surface area contributed by atoms with E-state index in [9.17, 15) is 0 Å². The molecule has 0 aliphatic carbocycles. The van der Waals surface area contributed by atoms with Crippen molar-refractivity contribution in [3.63, 3.8) is 0 Å². The molecule has 2 aliphatic rings. The molecule has 188 valence electrons. The quantitative estimate of drug-likeness (QED) is 0.334. The maximum atomic E-state index is 4.94. The van der Waals surface area contributed by atoms with E-state index in [-0.39, 0.29) is 23.1 Å². The summed E-state index contributed by atoms with van der Waals surface area (Å²) in [7, 11) is 0. The van der Waals surface area contributed by atoms with E-state index in [1.165, 1.54) is 25.7 Å². The zero-order chi connectivity index (χ0) is 24.9. The topological polar surface area (TPSA) is 73.0 Å². The van der Waals surface area contributed by atoms with Crippen LogP contribution in [0.25, 0.3) is 0 Å². The summed E-state index contributed by atoms with van der Waals surface area (Å²) in [6.45, 7) is 4.00. The molecule has 1 N–H and O–H groups in total. The third kappa shape index (κ3) is 14.4. The SMILES string of the molecule is C(=Nc1ccccc1)c1ccc[n-]1.C(=[NH+]c1ccccc1)c1ccc[n-]1.C1CCOC1.C1CCOC1.[Mg+2]. The van der Waals surface area contributed by atoms with E-state index in [0.717, 1.165) is 49.2 Å². The second kappa shape index (κ2) is 20.1. The first kappa shape index (κ1) is 30.3. The molecule has 4 heterocycles. The Morgan fingerprint density at radius 3 is 1.59 bits per heavy atom. The molecule has 2 aromatic carbocycles. The molecule has 2 fully saturated rings. The maximum Gasteiger partial charge on any atom is 2.00 e. The Hall–Kier alpha value is -2.97. The fourth-order valence-corrected chi connectivity index (χ4v) is 3.16. The van der Waals surface area contributed by atoms with E-state index in [1.54, 1.807) is 18.6 Å². The standard InChI is InChI=1S/2C11H9N2.2C4H8O.Mg/c2*1-2-5-10(6-3-1)13-9-11-7-4-8-12-11;2*1-2-4-5-3-1;/h2*1-9H;2*1-4H2;/q2*-1;;;+2/p+1. The third-order valence-corrected chi connectivity index (χ3v) is 5.07. The van der Waals surface area contributed by atoms with Gasteiger partial charge in [-0.2, -0.15) is 12.4 Å². The molecule has 6 rings (SSSR count). The molecule has 6 nitrogen and oxygen atoms in total. The number of benzene rings is 2. The number of hydrogen-bond donors (Lipinski definition) is 1. The molecule has 2 aliphatic heterocycles. The Morgan fingerprint density at radius 2 is 1.14 bits per heavy atom. The Kier molecular flexibility index (Phi) is 16.5. The molecule has 2 aromatic heterocycles. The molecule has 37 heavy (non-hydrogen) atoms. The summed E-state index contributed by atoms with van der Waals surface area (Å²) in [6, 6.07) is 27.5. The fourth-order valence-electron chi connectivity index (χ4n) is 3.16. The van der Waals surface area contributed by atoms with Crippen molar-refractivity contribution in [1.29, 1.82) is 0 Å². The summed E-state index contributed by atoms with van der Waals surface area (Å²) < 4.78 is 9.89. The van der Waals surface area contributed by atoms with Crippen LogP contribution in [0.2, 0.25) is 0 Å². The van der Waals surface area contributed by atoms with Gasteiger partial charge in [-0.1, -0.05) is 66.4 Å². The van der Waals surface area contributed by atoms with Crippen molar-refractivity contribution in [2.24, 2.45) is 4.99 Å². The second-order valence-corrected chi connectivity index (χ2v) is 8.01. The average Bonchev–Trinajstić information content (AvgIpc) is 3.78. The molecular weight excluding hydrogens is 473 g/mol. The monoisotopic (exact) mass is 507 g/mol. The van der Waals surface area contributed by atoms with E-state index in [4.69, 9.17) is 9.47 Å². The van der Waals surface area contributed by atoms with Gasteiger partial charge < -0.3 is 19.4 Å². The van der Waals surface area contributed by atoms with Crippen LogP contribution in [0.3, 0.4) is 0 Å². The molecule has 0 amide bonds. The van der Waals surface area contributed by atoms with Crippen molar-refractivity contribution >= 4 is 46.9 Å². The van der Waals surface area contributed by atoms with Crippen molar-refractivity contribution in [1.82, 2.24) is 9.97 Å². The number of aromatic nitrogens is 2. The van der Waals surface area contributed by atoms with Crippen molar-refractivity contribution in [2.45, 2.75) is 25.7 Å². The minimum absolute atomic E-state index is 0. The van der Waals surface area contributed by atoms with Crippen LogP contribution in [0.4, 0.5) is 11.4 Å². The van der Waals surface area contributed by atoms with Gasteiger partial charge in [-0.05, 0) is 37.8 Å². The maximum absolute atomic E-state index is 4.94. The minimum atomic E-state index is 0. The third-order valence-electron chi connectivity index (χ3n) is 5.07. The van der Waals surface area contributed by atoms with Crippen LogP contribution in [0.5, 0.6) is 0 Å². The Bertz CT molecular complexity index is 970. The van der Waals surface area contributed by atoms with Gasteiger partial charge in [0.1, 0.15) is 0 Å². The fraction of sp³-hybridized carbons (Fsp3) is 0.267. The zero-order valence-electron chi connectivity index (χ0n) is 21.4. The molecule has 0 radical (unpaired) electrons. The van der Waals surface area contributed by atoms with Crippen molar-refractivity contribution < 1.29 is 14.5 Å². The summed E-state index contributed by atoms with van der Waals surface area (Å²) in [5, 5.41) is 0. The van der Waals surface area contributed by atoms with Gasteiger partial charge in [0, 0.05) is 44.8 Å². The normalized spacial score (nSPS) is 14.1. The number of ether oxygens (including phenoxy) is 2. The number of nitrogens with zero attached hydrogens (tertiary/aromatic N) is 3. The van der Waals surface area contributed by atoms with Crippen LogP contribution in [-0.2, 0) is 9.47 Å². The van der Waals surface area contributed by atoms with Gasteiger partial charge in [-0.3, -0.25) is 4.99 Å². The molecule has 0 unspecified atom stereocenters. The predicted molar refractivity (Wildman–Crippen MR) is 151 cm³/mol. The molecule has 4 aromatic rings. The van der Waals surface area contributed by atoms with Gasteiger partial charge in [0.2, 0.25) is 5.69 Å². The number of para-hydroxylation sites is 2. The van der Waals surface area contributed by atoms with Crippen LogP contribution in [0, 0.1) is 0 Å². The van der Waals surface area contributed by atoms with Crippen molar-refractivity contribution in [3.8, 4) is 0 Å². The molecule has 7 heteroatoms. The second-order valence-electron chi connectivity index (χ2n) is 8.01. The smallest absolute Gasteiger partial charge is 0.663 e. The Morgan fingerprint density at radius 1 is 0.622 bits per heavy atom. The molecule has 2 saturated heterocycles. The number of hydrogen-bond acceptors (Lipinski definition) is 3. The van der Waals surface area contributed by atoms with Gasteiger partial charge in [-0.15, -0.1) is 5.69 Å². The van der Waals surface area contributed by atoms with E-state index in [2.05, 4.69) is 20.0 Å². The number of nitrogens with one attached hydrogen (secondary N) is 1. The van der Waals surface area contributed by atoms with Gasteiger partial charge in [0.15, 0.2) is 6.21 Å². The zero-order valence-corrected chi connectivity index (χ0v) is 22.8. The van der Waals surface area contributed by atoms with E-state index >= 15 is 0 Å². The van der Waals surface area contributed by atoms with Crippen molar-refractivity contribution in [2.75, 3.05) is 26.4 Å². The first-order valence-electron chi connectivity index (χ1n) is 12.4. The van der Waals surface area contributed by atoms with Gasteiger partial charge >= 0.3 is 23.1 Å². The largest absolute Gasteiger partial charge is 2.00 e. The molecular formula is C30H35MgN4O2+. The van der Waals surface area contributed by atoms with Gasteiger partial charge in [0.05, 0.1) is 5.69 Å². The van der Waals surface area contributed by atoms with Crippen LogP contribution in [0.15, 0.2) is 102 Å². The summed E-state index contributed by atoms with van der Waals surface area (Å²) in [5.74, 6) is 0. The van der Waals surface area contributed by atoms with Crippen LogP contribution < -0.4 is 15.0 Å². The van der Waals surface area contributed by atoms with E-state index in [1.807, 2.05) is 91.1 Å². The molecule has 0 saturated carbocycles. The average molecular weight is 508 g/mol. The first-order chi connectivity index (χ1) is 17.9.